The molecule has 0 heterocycles. The first kappa shape index (κ1) is 13.9. The average Bonchev–Trinajstić information content (AvgIpc) is 2.33. The summed E-state index contributed by atoms with van der Waals surface area (Å²) in [5, 5.41) is 4.16. The number of anilines is 1. The highest BCUT2D eigenvalue weighted by molar-refractivity contribution is 6.30. The Bertz CT molecular complexity index is 568. The largest absolute Gasteiger partial charge is 0.382 e. The van der Waals surface area contributed by atoms with Gasteiger partial charge in [-0.1, -0.05) is 23.7 Å². The van der Waals surface area contributed by atoms with Gasteiger partial charge >= 0.3 is 0 Å². The molecule has 0 spiro atoms. The molecule has 3 heteroatoms. The Morgan fingerprint density at radius 3 is 2.68 bits per heavy atom. The molecule has 1 unspecified atom stereocenters. The molecule has 19 heavy (non-hydrogen) atoms. The van der Waals surface area contributed by atoms with E-state index in [-0.39, 0.29) is 11.9 Å². The van der Waals surface area contributed by atoms with Crippen LogP contribution in [0, 0.1) is 12.7 Å². The van der Waals surface area contributed by atoms with Gasteiger partial charge in [-0.25, -0.2) is 4.39 Å². The van der Waals surface area contributed by atoms with Crippen molar-refractivity contribution < 1.29 is 4.39 Å². The van der Waals surface area contributed by atoms with Gasteiger partial charge in [0.25, 0.3) is 0 Å². The fraction of sp³-hybridized carbons (Fsp3) is 0.250. The highest BCUT2D eigenvalue weighted by atomic mass is 35.5. The zero-order valence-electron chi connectivity index (χ0n) is 11.1. The third-order valence-electron chi connectivity index (χ3n) is 3.02. The van der Waals surface area contributed by atoms with Gasteiger partial charge in [-0.15, -0.1) is 0 Å². The number of halogens is 2. The van der Waals surface area contributed by atoms with E-state index in [1.807, 2.05) is 31.2 Å². The Morgan fingerprint density at radius 1 is 1.21 bits per heavy atom. The predicted octanol–water partition coefficient (Wildman–Crippen LogP) is 4.83. The van der Waals surface area contributed by atoms with Crippen molar-refractivity contribution in [3.63, 3.8) is 0 Å². The molecule has 0 saturated heterocycles. The molecule has 0 aliphatic carbocycles. The summed E-state index contributed by atoms with van der Waals surface area (Å²) in [5.74, 6) is -0.188. The van der Waals surface area contributed by atoms with Crippen molar-refractivity contribution in [2.75, 3.05) is 5.32 Å². The van der Waals surface area contributed by atoms with E-state index >= 15 is 0 Å². The van der Waals surface area contributed by atoms with Crippen molar-refractivity contribution in [3.8, 4) is 0 Å². The minimum absolute atomic E-state index is 0.188. The van der Waals surface area contributed by atoms with Gasteiger partial charge in [-0.05, 0) is 61.7 Å². The minimum Gasteiger partial charge on any atom is -0.382 e. The fourth-order valence-electron chi connectivity index (χ4n) is 2.12. The molecule has 0 fully saturated rings. The molecular formula is C16H17ClFN. The van der Waals surface area contributed by atoms with Crippen molar-refractivity contribution in [3.05, 3.63) is 64.4 Å². The van der Waals surface area contributed by atoms with E-state index < -0.39 is 0 Å². The van der Waals surface area contributed by atoms with E-state index in [1.54, 1.807) is 12.1 Å². The lowest BCUT2D eigenvalue weighted by molar-refractivity contribution is 0.624. The Hall–Kier alpha value is -1.54. The molecule has 2 aromatic carbocycles. The number of aryl methyl sites for hydroxylation is 1. The Balaban J connectivity index is 2.03. The number of hydrogen-bond acceptors (Lipinski definition) is 1. The molecule has 100 valence electrons. The first-order chi connectivity index (χ1) is 9.04. The van der Waals surface area contributed by atoms with Crippen molar-refractivity contribution in [1.29, 1.82) is 0 Å². The quantitative estimate of drug-likeness (QED) is 0.844. The second-order valence-electron chi connectivity index (χ2n) is 4.84. The van der Waals surface area contributed by atoms with Crippen LogP contribution in [0.15, 0.2) is 42.5 Å². The van der Waals surface area contributed by atoms with Crippen LogP contribution >= 0.6 is 11.6 Å². The third-order valence-corrected chi connectivity index (χ3v) is 3.26. The molecule has 0 amide bonds. The van der Waals surface area contributed by atoms with Crippen LogP contribution in [0.3, 0.4) is 0 Å². The number of benzene rings is 2. The van der Waals surface area contributed by atoms with Gasteiger partial charge in [0, 0.05) is 16.8 Å². The van der Waals surface area contributed by atoms with Gasteiger partial charge in [0.05, 0.1) is 0 Å². The van der Waals surface area contributed by atoms with Crippen molar-refractivity contribution >= 4 is 17.3 Å². The van der Waals surface area contributed by atoms with Gasteiger partial charge in [0.1, 0.15) is 5.82 Å². The fourth-order valence-corrected chi connectivity index (χ4v) is 2.35. The van der Waals surface area contributed by atoms with E-state index in [0.29, 0.717) is 0 Å². The van der Waals surface area contributed by atoms with Crippen molar-refractivity contribution in [2.45, 2.75) is 26.3 Å². The molecule has 1 nitrogen and oxygen atoms in total. The summed E-state index contributed by atoms with van der Waals surface area (Å²) >= 11 is 5.93. The van der Waals surface area contributed by atoms with Crippen LogP contribution in [-0.2, 0) is 6.42 Å². The maximum Gasteiger partial charge on any atom is 0.123 e. The summed E-state index contributed by atoms with van der Waals surface area (Å²) in [5.41, 5.74) is 3.17. The topological polar surface area (TPSA) is 12.0 Å². The average molecular weight is 278 g/mol. The molecule has 0 saturated carbocycles. The Labute approximate surface area is 118 Å². The summed E-state index contributed by atoms with van der Waals surface area (Å²) < 4.78 is 13.1. The third kappa shape index (κ3) is 3.97. The summed E-state index contributed by atoms with van der Waals surface area (Å²) in [6.45, 7) is 4.10. The lowest BCUT2D eigenvalue weighted by Crippen LogP contribution is -2.18. The van der Waals surface area contributed by atoms with Crippen LogP contribution in [0.2, 0.25) is 5.02 Å². The molecule has 0 aromatic heterocycles. The standard InChI is InChI=1S/C16H17ClFN/c1-11-8-14(17)6-7-16(11)19-12(2)9-13-4-3-5-15(18)10-13/h3-8,10,12,19H,9H2,1-2H3. The molecule has 0 radical (unpaired) electrons. The smallest absolute Gasteiger partial charge is 0.123 e. The second-order valence-corrected chi connectivity index (χ2v) is 5.28. The van der Waals surface area contributed by atoms with Crippen LogP contribution in [-0.4, -0.2) is 6.04 Å². The molecule has 1 N–H and O–H groups in total. The van der Waals surface area contributed by atoms with Gasteiger partial charge in [-0.2, -0.15) is 0 Å². The van der Waals surface area contributed by atoms with Gasteiger partial charge < -0.3 is 5.32 Å². The van der Waals surface area contributed by atoms with Gasteiger partial charge in [0.15, 0.2) is 0 Å². The predicted molar refractivity (Wildman–Crippen MR) is 79.4 cm³/mol. The molecule has 1 atom stereocenters. The molecular weight excluding hydrogens is 261 g/mol. The highest BCUT2D eigenvalue weighted by Gasteiger charge is 2.06. The summed E-state index contributed by atoms with van der Waals surface area (Å²) in [6.07, 6.45) is 0.778. The normalized spacial score (nSPS) is 12.2. The number of rotatable bonds is 4. The molecule has 0 aliphatic rings. The highest BCUT2D eigenvalue weighted by Crippen LogP contribution is 2.21. The zero-order chi connectivity index (χ0) is 13.8. The minimum atomic E-state index is -0.188. The maximum atomic E-state index is 13.1. The monoisotopic (exact) mass is 277 g/mol. The second kappa shape index (κ2) is 6.07. The Morgan fingerprint density at radius 2 is 2.00 bits per heavy atom. The van der Waals surface area contributed by atoms with Gasteiger partial charge in [0.2, 0.25) is 0 Å². The van der Waals surface area contributed by atoms with E-state index in [1.165, 1.54) is 6.07 Å². The van der Waals surface area contributed by atoms with Crippen LogP contribution in [0.1, 0.15) is 18.1 Å². The summed E-state index contributed by atoms with van der Waals surface area (Å²) in [6, 6.07) is 12.7. The number of nitrogens with one attached hydrogen (secondary N) is 1. The lowest BCUT2D eigenvalue weighted by atomic mass is 10.1. The van der Waals surface area contributed by atoms with Crippen LogP contribution < -0.4 is 5.32 Å². The van der Waals surface area contributed by atoms with Crippen LogP contribution in [0.4, 0.5) is 10.1 Å². The van der Waals surface area contributed by atoms with E-state index in [0.717, 1.165) is 28.3 Å². The lowest BCUT2D eigenvalue weighted by Gasteiger charge is -2.17. The SMILES string of the molecule is Cc1cc(Cl)ccc1NC(C)Cc1cccc(F)c1. The van der Waals surface area contributed by atoms with E-state index in [2.05, 4.69) is 12.2 Å². The molecule has 2 rings (SSSR count). The molecule has 0 bridgehead atoms. The number of hydrogen-bond donors (Lipinski definition) is 1. The zero-order valence-corrected chi connectivity index (χ0v) is 11.8. The molecule has 2 aromatic rings. The van der Waals surface area contributed by atoms with Crippen LogP contribution in [0.5, 0.6) is 0 Å². The summed E-state index contributed by atoms with van der Waals surface area (Å²) in [7, 11) is 0. The summed E-state index contributed by atoms with van der Waals surface area (Å²) in [4.78, 5) is 0. The maximum absolute atomic E-state index is 13.1. The van der Waals surface area contributed by atoms with Crippen molar-refractivity contribution in [2.24, 2.45) is 0 Å². The van der Waals surface area contributed by atoms with Crippen LogP contribution in [0.25, 0.3) is 0 Å². The van der Waals surface area contributed by atoms with Gasteiger partial charge in [-0.3, -0.25) is 0 Å². The van der Waals surface area contributed by atoms with Crippen molar-refractivity contribution in [1.82, 2.24) is 0 Å². The first-order valence-electron chi connectivity index (χ1n) is 6.32. The van der Waals surface area contributed by atoms with E-state index in [4.69, 9.17) is 11.6 Å². The first-order valence-corrected chi connectivity index (χ1v) is 6.69. The van der Waals surface area contributed by atoms with E-state index in [9.17, 15) is 4.39 Å². The Kier molecular flexibility index (Phi) is 4.43. The molecule has 0 aliphatic heterocycles.